The Morgan fingerprint density at radius 1 is 0.188 bits per heavy atom. The fourth-order valence-corrected chi connectivity index (χ4v) is 12.5. The second-order valence-corrected chi connectivity index (χ2v) is 26.4. The summed E-state index contributed by atoms with van der Waals surface area (Å²) in [5.74, 6) is 2.54. The molecule has 2 nitrogen and oxygen atoms in total. The van der Waals surface area contributed by atoms with Gasteiger partial charge in [-0.3, -0.25) is 0 Å². The average molecular weight is 1150 g/mol. The molecule has 4 heteroatoms. The molecule has 0 aromatic heterocycles. The second kappa shape index (κ2) is 73.6. The van der Waals surface area contributed by atoms with Gasteiger partial charge in [0.15, 0.2) is 0 Å². The molecule has 0 atom stereocenters. The lowest BCUT2D eigenvalue weighted by Crippen LogP contribution is -2.29. The van der Waals surface area contributed by atoms with E-state index < -0.39 is 0 Å². The fourth-order valence-electron chi connectivity index (χ4n) is 10.4. The molecule has 0 aromatic carbocycles. The van der Waals surface area contributed by atoms with Gasteiger partial charge in [-0.2, -0.15) is 0 Å². The number of nitrogens with zero attached hydrogens (tertiary/aromatic N) is 2. The van der Waals surface area contributed by atoms with Crippen LogP contribution in [-0.4, -0.2) is 60.6 Å². The number of allylic oxidation sites excluding steroid dienone is 16. The van der Waals surface area contributed by atoms with Gasteiger partial charge in [0.05, 0.1) is 0 Å². The van der Waals surface area contributed by atoms with Crippen LogP contribution in [-0.2, 0) is 0 Å². The van der Waals surface area contributed by atoms with Crippen molar-refractivity contribution >= 4 is 21.6 Å². The highest BCUT2D eigenvalue weighted by atomic mass is 33.1. The van der Waals surface area contributed by atoms with Crippen molar-refractivity contribution in [3.05, 3.63) is 97.2 Å². The molecule has 80 heavy (non-hydrogen) atoms. The van der Waals surface area contributed by atoms with Crippen molar-refractivity contribution in [1.82, 2.24) is 9.80 Å². The van der Waals surface area contributed by atoms with Crippen molar-refractivity contribution < 1.29 is 0 Å². The van der Waals surface area contributed by atoms with Crippen molar-refractivity contribution in [3.63, 3.8) is 0 Å². The van der Waals surface area contributed by atoms with Crippen LogP contribution in [0.3, 0.4) is 0 Å². The lowest BCUT2D eigenvalue weighted by Gasteiger charge is -2.23. The molecular formula is C76H140N2S2. The third-order valence-corrected chi connectivity index (χ3v) is 18.1. The molecule has 466 valence electrons. The highest BCUT2D eigenvalue weighted by molar-refractivity contribution is 8.76. The molecule has 0 aliphatic carbocycles. The Morgan fingerprint density at radius 2 is 0.362 bits per heavy atom. The minimum Gasteiger partial charge on any atom is -0.302 e. The first-order valence-corrected chi connectivity index (χ1v) is 38.2. The summed E-state index contributed by atoms with van der Waals surface area (Å²) in [4.78, 5) is 5.70. The lowest BCUT2D eigenvalue weighted by molar-refractivity contribution is 0.275. The van der Waals surface area contributed by atoms with Crippen LogP contribution < -0.4 is 0 Å². The predicted octanol–water partition coefficient (Wildman–Crippen LogP) is 26.2. The van der Waals surface area contributed by atoms with Gasteiger partial charge < -0.3 is 9.80 Å². The fraction of sp³-hybridized carbons (Fsp3) is 0.789. The molecule has 0 fully saturated rings. The SMILES string of the molecule is CCCCC/C=C\C/C=C\CCCCCCCCN(CCCCCCCC/C=C\C/C=C\CCCCC)CCSSCCN(CCCCCCCC/C=C\C/C=C\CCCCC)CCCCCCCC/C=C\C/C=C\CCCCC. The molecule has 0 aliphatic rings. The largest absolute Gasteiger partial charge is 0.302 e. The zero-order chi connectivity index (χ0) is 57.5. The Labute approximate surface area is 512 Å². The van der Waals surface area contributed by atoms with E-state index in [4.69, 9.17) is 0 Å². The van der Waals surface area contributed by atoms with E-state index in [0.717, 1.165) is 25.7 Å². The summed E-state index contributed by atoms with van der Waals surface area (Å²) in [7, 11) is 4.33. The molecule has 0 spiro atoms. The Hall–Kier alpha value is -1.46. The Bertz CT molecular complexity index is 1190. The van der Waals surface area contributed by atoms with E-state index in [0.29, 0.717) is 0 Å². The Kier molecular flexibility index (Phi) is 72.3. The van der Waals surface area contributed by atoms with Gasteiger partial charge in [-0.25, -0.2) is 0 Å². The standard InChI is InChI=1S/C76H140N2S2/c1-5-9-13-17-21-25-29-33-37-41-45-49-53-57-61-65-69-77(70-66-62-58-54-50-46-42-38-34-30-26-22-18-14-10-6-2)73-75-79-80-76-74-78(71-67-63-59-55-51-47-43-39-35-31-27-23-19-15-11-7-3)72-68-64-60-56-52-48-44-40-36-32-28-24-20-16-12-8-4/h21-28,33-40H,5-20,29-32,41-76H2,1-4H3/b25-21-,26-22-,27-23-,28-24-,37-33-,38-34-,39-35-,40-36-. The van der Waals surface area contributed by atoms with Gasteiger partial charge in [0.25, 0.3) is 0 Å². The molecule has 0 rings (SSSR count). The number of hydrogen-bond donors (Lipinski definition) is 0. The highest BCUT2D eigenvalue weighted by Gasteiger charge is 2.08. The summed E-state index contributed by atoms with van der Waals surface area (Å²) in [5.41, 5.74) is 0. The number of hydrogen-bond acceptors (Lipinski definition) is 4. The summed E-state index contributed by atoms with van der Waals surface area (Å²) in [6.45, 7) is 16.9. The van der Waals surface area contributed by atoms with Gasteiger partial charge in [0.1, 0.15) is 0 Å². The molecule has 0 aliphatic heterocycles. The molecule has 0 bridgehead atoms. The van der Waals surface area contributed by atoms with E-state index in [1.54, 1.807) is 0 Å². The summed E-state index contributed by atoms with van der Waals surface area (Å²) in [6, 6.07) is 0. The molecule has 0 aromatic rings. The van der Waals surface area contributed by atoms with Gasteiger partial charge in [0, 0.05) is 24.6 Å². The Morgan fingerprint density at radius 3 is 0.562 bits per heavy atom. The molecule has 0 unspecified atom stereocenters. The minimum absolute atomic E-state index is 1.11. The molecule has 0 heterocycles. The van der Waals surface area contributed by atoms with Gasteiger partial charge in [-0.05, 0) is 180 Å². The van der Waals surface area contributed by atoms with Crippen LogP contribution in [0.2, 0.25) is 0 Å². The predicted molar refractivity (Wildman–Crippen MR) is 375 cm³/mol. The lowest BCUT2D eigenvalue weighted by atomic mass is 10.1. The van der Waals surface area contributed by atoms with Crippen molar-refractivity contribution in [1.29, 1.82) is 0 Å². The first kappa shape index (κ1) is 78.5. The summed E-state index contributed by atoms with van der Waals surface area (Å²) >= 11 is 0. The van der Waals surface area contributed by atoms with Crippen LogP contribution in [0.1, 0.15) is 336 Å². The van der Waals surface area contributed by atoms with Crippen LogP contribution in [0.5, 0.6) is 0 Å². The average Bonchev–Trinajstić information content (AvgIpc) is 3.47. The summed E-state index contributed by atoms with van der Waals surface area (Å²) in [5, 5.41) is 0. The zero-order valence-electron chi connectivity index (χ0n) is 54.5. The molecular weight excluding hydrogens is 1000 g/mol. The number of unbranched alkanes of at least 4 members (excludes halogenated alkanes) is 36. The smallest absolute Gasteiger partial charge is 0.0165 e. The maximum Gasteiger partial charge on any atom is 0.0165 e. The molecule has 0 saturated carbocycles. The van der Waals surface area contributed by atoms with Gasteiger partial charge in [-0.1, -0.05) is 301 Å². The first-order valence-electron chi connectivity index (χ1n) is 35.7. The molecule has 0 amide bonds. The van der Waals surface area contributed by atoms with Crippen LogP contribution in [0.15, 0.2) is 97.2 Å². The van der Waals surface area contributed by atoms with Crippen molar-refractivity contribution in [2.75, 3.05) is 50.8 Å². The highest BCUT2D eigenvalue weighted by Crippen LogP contribution is 2.22. The van der Waals surface area contributed by atoms with E-state index in [1.807, 2.05) is 0 Å². The minimum atomic E-state index is 1.11. The third-order valence-electron chi connectivity index (χ3n) is 15.8. The third kappa shape index (κ3) is 69.0. The van der Waals surface area contributed by atoms with Gasteiger partial charge in [-0.15, -0.1) is 0 Å². The van der Waals surface area contributed by atoms with E-state index in [2.05, 4.69) is 156 Å². The van der Waals surface area contributed by atoms with E-state index >= 15 is 0 Å². The van der Waals surface area contributed by atoms with Crippen LogP contribution in [0.25, 0.3) is 0 Å². The summed E-state index contributed by atoms with van der Waals surface area (Å²) in [6.07, 6.45) is 102. The maximum atomic E-state index is 2.85. The summed E-state index contributed by atoms with van der Waals surface area (Å²) < 4.78 is 0. The van der Waals surface area contributed by atoms with Crippen LogP contribution >= 0.6 is 21.6 Å². The van der Waals surface area contributed by atoms with Crippen molar-refractivity contribution in [3.8, 4) is 0 Å². The zero-order valence-corrected chi connectivity index (χ0v) is 56.2. The normalized spacial score (nSPS) is 12.7. The topological polar surface area (TPSA) is 6.48 Å². The molecule has 0 N–H and O–H groups in total. The second-order valence-electron chi connectivity index (χ2n) is 23.7. The molecule has 0 radical (unpaired) electrons. The maximum absolute atomic E-state index is 2.85. The van der Waals surface area contributed by atoms with Gasteiger partial charge >= 0.3 is 0 Å². The van der Waals surface area contributed by atoms with E-state index in [1.165, 1.54) is 333 Å². The van der Waals surface area contributed by atoms with Crippen LogP contribution in [0.4, 0.5) is 0 Å². The quantitative estimate of drug-likeness (QED) is 0.0340. The van der Waals surface area contributed by atoms with E-state index in [-0.39, 0.29) is 0 Å². The monoisotopic (exact) mass is 1150 g/mol. The molecule has 0 saturated heterocycles. The van der Waals surface area contributed by atoms with Gasteiger partial charge in [0.2, 0.25) is 0 Å². The Balaban J connectivity index is 4.83. The first-order chi connectivity index (χ1) is 39.8. The number of rotatable bonds is 67. The van der Waals surface area contributed by atoms with Crippen molar-refractivity contribution in [2.24, 2.45) is 0 Å². The van der Waals surface area contributed by atoms with Crippen molar-refractivity contribution in [2.45, 2.75) is 336 Å². The van der Waals surface area contributed by atoms with E-state index in [9.17, 15) is 0 Å². The van der Waals surface area contributed by atoms with Crippen LogP contribution in [0, 0.1) is 0 Å².